The number of anilines is 1. The molecular weight excluding hydrogens is 322 g/mol. The summed E-state index contributed by atoms with van der Waals surface area (Å²) in [5.41, 5.74) is 0. The summed E-state index contributed by atoms with van der Waals surface area (Å²) in [7, 11) is 0. The molecule has 0 saturated carbocycles. The van der Waals surface area contributed by atoms with E-state index in [1.54, 1.807) is 17.7 Å². The van der Waals surface area contributed by atoms with Crippen LogP contribution in [0.5, 0.6) is 0 Å². The molecule has 0 aromatic carbocycles. The second-order valence-corrected chi connectivity index (χ2v) is 7.36. The maximum Gasteiger partial charge on any atom is 0.328 e. The van der Waals surface area contributed by atoms with E-state index in [-0.39, 0.29) is 12.0 Å². The number of thiophene rings is 1. The lowest BCUT2D eigenvalue weighted by Gasteiger charge is -2.25. The van der Waals surface area contributed by atoms with Crippen molar-refractivity contribution in [3.8, 4) is 0 Å². The second kappa shape index (κ2) is 6.89. The Labute approximate surface area is 145 Å². The minimum absolute atomic E-state index is 0.107. The van der Waals surface area contributed by atoms with Crippen LogP contribution in [0.25, 0.3) is 10.2 Å². The number of aromatic nitrogens is 2. The summed E-state index contributed by atoms with van der Waals surface area (Å²) < 4.78 is 5.66. The number of allylic oxidation sites excluding steroid dienone is 2. The number of esters is 1. The number of carbonyl (C=O) groups is 1. The van der Waals surface area contributed by atoms with E-state index in [4.69, 9.17) is 4.74 Å². The van der Waals surface area contributed by atoms with Gasteiger partial charge in [0.15, 0.2) is 0 Å². The topological polar surface area (TPSA) is 55.3 Å². The van der Waals surface area contributed by atoms with Crippen molar-refractivity contribution in [2.75, 3.05) is 18.1 Å². The summed E-state index contributed by atoms with van der Waals surface area (Å²) in [6, 6.07) is 1.81. The smallest absolute Gasteiger partial charge is 0.328 e. The summed E-state index contributed by atoms with van der Waals surface area (Å²) in [6.07, 6.45) is 11.0. The SMILES string of the molecule is O=C(OCC1CC=CCC1)C1CCCN1c1ncnc2sccc12. The van der Waals surface area contributed by atoms with Gasteiger partial charge in [-0.3, -0.25) is 0 Å². The molecule has 0 amide bonds. The largest absolute Gasteiger partial charge is 0.464 e. The van der Waals surface area contributed by atoms with Crippen LogP contribution in [0.2, 0.25) is 0 Å². The molecule has 1 aliphatic carbocycles. The summed E-state index contributed by atoms with van der Waals surface area (Å²) in [5.74, 6) is 1.22. The van der Waals surface area contributed by atoms with Gasteiger partial charge in [-0.2, -0.15) is 0 Å². The fraction of sp³-hybridized carbons (Fsp3) is 0.500. The molecule has 5 nitrogen and oxygen atoms in total. The molecule has 0 radical (unpaired) electrons. The highest BCUT2D eigenvalue weighted by Gasteiger charge is 2.34. The maximum atomic E-state index is 12.6. The van der Waals surface area contributed by atoms with E-state index in [0.29, 0.717) is 12.5 Å². The van der Waals surface area contributed by atoms with Gasteiger partial charge in [0.1, 0.15) is 23.0 Å². The predicted molar refractivity (Wildman–Crippen MR) is 95.2 cm³/mol. The average Bonchev–Trinajstić information content (AvgIpc) is 3.29. The predicted octanol–water partition coefficient (Wildman–Crippen LogP) is 3.56. The molecular formula is C18H21N3O2S. The number of fused-ring (bicyclic) bond motifs is 1. The molecule has 0 spiro atoms. The van der Waals surface area contributed by atoms with Crippen molar-refractivity contribution < 1.29 is 9.53 Å². The lowest BCUT2D eigenvalue weighted by atomic mass is 9.95. The van der Waals surface area contributed by atoms with Gasteiger partial charge in [-0.1, -0.05) is 12.2 Å². The second-order valence-electron chi connectivity index (χ2n) is 6.47. The molecule has 126 valence electrons. The summed E-state index contributed by atoms with van der Waals surface area (Å²) in [4.78, 5) is 24.4. The number of ether oxygens (including phenoxy) is 1. The van der Waals surface area contributed by atoms with E-state index < -0.39 is 0 Å². The molecule has 2 atom stereocenters. The third-order valence-electron chi connectivity index (χ3n) is 4.88. The van der Waals surface area contributed by atoms with Crippen LogP contribution in [0, 0.1) is 5.92 Å². The van der Waals surface area contributed by atoms with Crippen LogP contribution in [-0.4, -0.2) is 35.1 Å². The standard InChI is InChI=1S/C18H21N3O2S/c22-18(23-11-13-5-2-1-3-6-13)15-7-4-9-21(15)16-14-8-10-24-17(14)20-12-19-16/h1-2,8,10,12-13,15H,3-7,9,11H2. The van der Waals surface area contributed by atoms with Gasteiger partial charge < -0.3 is 9.64 Å². The van der Waals surface area contributed by atoms with Crippen molar-refractivity contribution in [3.05, 3.63) is 29.9 Å². The molecule has 2 aromatic rings. The van der Waals surface area contributed by atoms with Crippen molar-refractivity contribution in [2.24, 2.45) is 5.92 Å². The number of hydrogen-bond acceptors (Lipinski definition) is 6. The zero-order chi connectivity index (χ0) is 16.4. The first-order valence-electron chi connectivity index (χ1n) is 8.59. The zero-order valence-corrected chi connectivity index (χ0v) is 14.4. The molecule has 3 heterocycles. The van der Waals surface area contributed by atoms with Crippen molar-refractivity contribution in [2.45, 2.75) is 38.1 Å². The molecule has 6 heteroatoms. The molecule has 24 heavy (non-hydrogen) atoms. The van der Waals surface area contributed by atoms with E-state index in [9.17, 15) is 4.79 Å². The Morgan fingerprint density at radius 2 is 2.29 bits per heavy atom. The molecule has 2 unspecified atom stereocenters. The Morgan fingerprint density at radius 3 is 3.17 bits per heavy atom. The highest BCUT2D eigenvalue weighted by atomic mass is 32.1. The molecule has 1 aliphatic heterocycles. The molecule has 4 rings (SSSR count). The van der Waals surface area contributed by atoms with E-state index in [2.05, 4.69) is 27.0 Å². The van der Waals surface area contributed by atoms with Crippen LogP contribution in [0.15, 0.2) is 29.9 Å². The number of hydrogen-bond donors (Lipinski definition) is 0. The Bertz CT molecular complexity index is 758. The van der Waals surface area contributed by atoms with Gasteiger partial charge in [0, 0.05) is 6.54 Å². The van der Waals surface area contributed by atoms with Crippen LogP contribution in [0.1, 0.15) is 32.1 Å². The number of rotatable bonds is 4. The van der Waals surface area contributed by atoms with Crippen LogP contribution in [0.3, 0.4) is 0 Å². The Kier molecular flexibility index (Phi) is 4.47. The highest BCUT2D eigenvalue weighted by molar-refractivity contribution is 7.16. The average molecular weight is 343 g/mol. The van der Waals surface area contributed by atoms with Crippen LogP contribution in [-0.2, 0) is 9.53 Å². The minimum Gasteiger partial charge on any atom is -0.464 e. The highest BCUT2D eigenvalue weighted by Crippen LogP contribution is 2.32. The Hall–Kier alpha value is -1.95. The molecule has 0 bridgehead atoms. The number of carbonyl (C=O) groups excluding carboxylic acids is 1. The van der Waals surface area contributed by atoms with Crippen LogP contribution < -0.4 is 4.90 Å². The Morgan fingerprint density at radius 1 is 1.33 bits per heavy atom. The van der Waals surface area contributed by atoms with Gasteiger partial charge in [-0.25, -0.2) is 14.8 Å². The summed E-state index contributed by atoms with van der Waals surface area (Å²) in [5, 5.41) is 3.04. The third-order valence-corrected chi connectivity index (χ3v) is 5.70. The van der Waals surface area contributed by atoms with Gasteiger partial charge in [0.25, 0.3) is 0 Å². The number of nitrogens with zero attached hydrogens (tertiary/aromatic N) is 3. The van der Waals surface area contributed by atoms with Crippen molar-refractivity contribution in [1.82, 2.24) is 9.97 Å². The lowest BCUT2D eigenvalue weighted by molar-refractivity contribution is -0.146. The minimum atomic E-state index is -0.220. The van der Waals surface area contributed by atoms with Crippen molar-refractivity contribution in [3.63, 3.8) is 0 Å². The van der Waals surface area contributed by atoms with E-state index in [1.807, 2.05) is 11.4 Å². The van der Waals surface area contributed by atoms with Gasteiger partial charge in [0.2, 0.25) is 0 Å². The first-order valence-corrected chi connectivity index (χ1v) is 9.47. The normalized spacial score (nSPS) is 23.8. The fourth-order valence-electron chi connectivity index (χ4n) is 3.57. The van der Waals surface area contributed by atoms with Crippen LogP contribution in [0.4, 0.5) is 5.82 Å². The fourth-order valence-corrected chi connectivity index (χ4v) is 4.30. The first kappa shape index (κ1) is 15.6. The van der Waals surface area contributed by atoms with Gasteiger partial charge >= 0.3 is 5.97 Å². The lowest BCUT2D eigenvalue weighted by Crippen LogP contribution is -2.38. The van der Waals surface area contributed by atoms with E-state index in [0.717, 1.165) is 54.7 Å². The van der Waals surface area contributed by atoms with Gasteiger partial charge in [0.05, 0.1) is 12.0 Å². The van der Waals surface area contributed by atoms with Crippen LogP contribution >= 0.6 is 11.3 Å². The molecule has 0 N–H and O–H groups in total. The molecule has 1 saturated heterocycles. The first-order chi connectivity index (χ1) is 11.8. The van der Waals surface area contributed by atoms with Crippen molar-refractivity contribution >= 4 is 33.3 Å². The van der Waals surface area contributed by atoms with E-state index >= 15 is 0 Å². The van der Waals surface area contributed by atoms with Gasteiger partial charge in [-0.05, 0) is 49.5 Å². The monoisotopic (exact) mass is 343 g/mol. The molecule has 1 fully saturated rings. The third kappa shape index (κ3) is 3.02. The van der Waals surface area contributed by atoms with Crippen molar-refractivity contribution in [1.29, 1.82) is 0 Å². The zero-order valence-electron chi connectivity index (χ0n) is 13.6. The van der Waals surface area contributed by atoms with E-state index in [1.165, 1.54) is 0 Å². The maximum absolute atomic E-state index is 12.6. The Balaban J connectivity index is 1.47. The summed E-state index contributed by atoms with van der Waals surface area (Å²) in [6.45, 7) is 1.37. The van der Waals surface area contributed by atoms with Gasteiger partial charge in [-0.15, -0.1) is 11.3 Å². The summed E-state index contributed by atoms with van der Waals surface area (Å²) >= 11 is 1.60. The molecule has 2 aromatic heterocycles. The molecule has 2 aliphatic rings. The quantitative estimate of drug-likeness (QED) is 0.627.